The Morgan fingerprint density at radius 3 is 2.39 bits per heavy atom. The van der Waals surface area contributed by atoms with E-state index in [-0.39, 0.29) is 23.9 Å². The second kappa shape index (κ2) is 8.71. The number of carbonyl (C=O) groups excluding carboxylic acids is 2. The molecule has 28 heavy (non-hydrogen) atoms. The lowest BCUT2D eigenvalue weighted by Crippen LogP contribution is -2.14. The third-order valence-corrected chi connectivity index (χ3v) is 4.83. The van der Waals surface area contributed by atoms with Crippen LogP contribution in [0.1, 0.15) is 22.2 Å². The molecular weight excluding hydrogens is 386 g/mol. The first-order chi connectivity index (χ1) is 13.4. The molecule has 1 N–H and O–H groups in total. The van der Waals surface area contributed by atoms with Crippen LogP contribution in [0.25, 0.3) is 11.3 Å². The van der Waals surface area contributed by atoms with E-state index in [1.54, 1.807) is 0 Å². The number of rotatable bonds is 7. The molecule has 8 heteroatoms. The van der Waals surface area contributed by atoms with Gasteiger partial charge in [0.2, 0.25) is 5.91 Å². The van der Waals surface area contributed by atoms with Crippen molar-refractivity contribution >= 4 is 28.2 Å². The van der Waals surface area contributed by atoms with E-state index < -0.39 is 6.61 Å². The largest absolute Gasteiger partial charge is 0.435 e. The summed E-state index contributed by atoms with van der Waals surface area (Å²) in [5, 5.41) is 3.01. The average Bonchev–Trinajstić information content (AvgIpc) is 3.07. The Morgan fingerprint density at radius 2 is 1.79 bits per heavy atom. The smallest absolute Gasteiger partial charge is 0.387 e. The first kappa shape index (κ1) is 19.6. The highest BCUT2D eigenvalue weighted by Crippen LogP contribution is 2.31. The van der Waals surface area contributed by atoms with Crippen LogP contribution in [0.4, 0.5) is 13.9 Å². The molecule has 0 radical (unpaired) electrons. The molecule has 0 unspecified atom stereocenters. The molecule has 144 valence electrons. The molecule has 0 fully saturated rings. The Morgan fingerprint density at radius 1 is 1.11 bits per heavy atom. The summed E-state index contributed by atoms with van der Waals surface area (Å²) >= 11 is 1.11. The van der Waals surface area contributed by atoms with Gasteiger partial charge in [-0.1, -0.05) is 53.8 Å². The highest BCUT2D eigenvalue weighted by Gasteiger charge is 2.18. The molecule has 0 saturated carbocycles. The Balaban J connectivity index is 1.71. The number of benzene rings is 2. The summed E-state index contributed by atoms with van der Waals surface area (Å²) in [4.78, 5) is 29.1. The Bertz CT molecular complexity index is 973. The van der Waals surface area contributed by atoms with Crippen molar-refractivity contribution in [1.82, 2.24) is 4.98 Å². The molecule has 3 aromatic rings. The first-order valence-corrected chi connectivity index (χ1v) is 9.15. The second-order valence-corrected chi connectivity index (χ2v) is 6.87. The van der Waals surface area contributed by atoms with Crippen molar-refractivity contribution in [3.63, 3.8) is 0 Å². The van der Waals surface area contributed by atoms with Gasteiger partial charge in [-0.25, -0.2) is 4.98 Å². The SMILES string of the molecule is CC(=O)c1sc(NC(=O)Cc2ccc(OC(F)F)cc2)nc1-c1ccccc1. The fourth-order valence-corrected chi connectivity index (χ4v) is 3.44. The van der Waals surface area contributed by atoms with Crippen molar-refractivity contribution in [1.29, 1.82) is 0 Å². The number of ketones is 1. The zero-order chi connectivity index (χ0) is 20.1. The maximum Gasteiger partial charge on any atom is 0.387 e. The highest BCUT2D eigenvalue weighted by molar-refractivity contribution is 7.18. The molecule has 0 bridgehead atoms. The minimum Gasteiger partial charge on any atom is -0.435 e. The van der Waals surface area contributed by atoms with Crippen molar-refractivity contribution in [2.45, 2.75) is 20.0 Å². The Kier molecular flexibility index (Phi) is 6.10. The average molecular weight is 402 g/mol. The van der Waals surface area contributed by atoms with E-state index in [1.807, 2.05) is 30.3 Å². The number of nitrogens with zero attached hydrogens (tertiary/aromatic N) is 1. The number of nitrogens with one attached hydrogen (secondary N) is 1. The van der Waals surface area contributed by atoms with Gasteiger partial charge in [0.1, 0.15) is 5.75 Å². The first-order valence-electron chi connectivity index (χ1n) is 8.33. The molecule has 0 aliphatic rings. The highest BCUT2D eigenvalue weighted by atomic mass is 32.1. The maximum atomic E-state index is 12.3. The number of carbonyl (C=O) groups is 2. The van der Waals surface area contributed by atoms with Crippen LogP contribution >= 0.6 is 11.3 Å². The third kappa shape index (κ3) is 4.98. The number of halogens is 2. The fourth-order valence-electron chi connectivity index (χ4n) is 2.54. The lowest BCUT2D eigenvalue weighted by molar-refractivity contribution is -0.115. The van der Waals surface area contributed by atoms with Gasteiger partial charge in [-0.05, 0) is 17.7 Å². The number of hydrogen-bond acceptors (Lipinski definition) is 5. The molecule has 3 rings (SSSR count). The predicted molar refractivity (Wildman–Crippen MR) is 103 cm³/mol. The van der Waals surface area contributed by atoms with E-state index in [9.17, 15) is 18.4 Å². The molecule has 1 heterocycles. The molecule has 0 spiro atoms. The van der Waals surface area contributed by atoms with Crippen LogP contribution in [-0.2, 0) is 11.2 Å². The van der Waals surface area contributed by atoms with Gasteiger partial charge in [-0.3, -0.25) is 9.59 Å². The fraction of sp³-hybridized carbons (Fsp3) is 0.150. The van der Waals surface area contributed by atoms with Gasteiger partial charge >= 0.3 is 6.61 Å². The number of Topliss-reactive ketones (excluding diaryl/α,β-unsaturated/α-hetero) is 1. The number of anilines is 1. The van der Waals surface area contributed by atoms with Gasteiger partial charge in [0.05, 0.1) is 17.0 Å². The topological polar surface area (TPSA) is 68.3 Å². The number of thiazole rings is 1. The van der Waals surface area contributed by atoms with Crippen molar-refractivity contribution in [3.05, 3.63) is 65.0 Å². The number of ether oxygens (including phenoxy) is 1. The van der Waals surface area contributed by atoms with Crippen molar-refractivity contribution < 1.29 is 23.1 Å². The molecule has 0 atom stereocenters. The molecule has 0 saturated heterocycles. The van der Waals surface area contributed by atoms with Gasteiger partial charge in [0, 0.05) is 12.5 Å². The predicted octanol–water partition coefficient (Wildman–Crippen LogP) is 4.80. The van der Waals surface area contributed by atoms with Crippen LogP contribution in [0.5, 0.6) is 5.75 Å². The standard InChI is InChI=1S/C20H16F2N2O3S/c1-12(25)18-17(14-5-3-2-4-6-14)24-20(28-18)23-16(26)11-13-7-9-15(10-8-13)27-19(21)22/h2-10,19H,11H2,1H3,(H,23,24,26). The van der Waals surface area contributed by atoms with E-state index in [0.717, 1.165) is 16.9 Å². The van der Waals surface area contributed by atoms with E-state index in [2.05, 4.69) is 15.0 Å². The molecule has 5 nitrogen and oxygen atoms in total. The van der Waals surface area contributed by atoms with Crippen LogP contribution in [-0.4, -0.2) is 23.3 Å². The molecule has 0 aliphatic heterocycles. The second-order valence-electron chi connectivity index (χ2n) is 5.87. The van der Waals surface area contributed by atoms with Crippen LogP contribution in [0.2, 0.25) is 0 Å². The zero-order valence-corrected chi connectivity index (χ0v) is 15.6. The van der Waals surface area contributed by atoms with Gasteiger partial charge < -0.3 is 10.1 Å². The van der Waals surface area contributed by atoms with E-state index >= 15 is 0 Å². The minimum atomic E-state index is -2.90. The minimum absolute atomic E-state index is 0.0256. The van der Waals surface area contributed by atoms with Gasteiger partial charge in [0.25, 0.3) is 0 Å². The normalized spacial score (nSPS) is 10.7. The lowest BCUT2D eigenvalue weighted by atomic mass is 10.1. The monoisotopic (exact) mass is 402 g/mol. The number of aromatic nitrogens is 1. The third-order valence-electron chi connectivity index (χ3n) is 3.75. The number of alkyl halides is 2. The molecular formula is C20H16F2N2O3S. The van der Waals surface area contributed by atoms with Crippen molar-refractivity contribution in [3.8, 4) is 17.0 Å². The maximum absolute atomic E-state index is 12.3. The number of hydrogen-bond donors (Lipinski definition) is 1. The summed E-state index contributed by atoms with van der Waals surface area (Å²) in [6.45, 7) is -1.44. The summed E-state index contributed by atoms with van der Waals surface area (Å²) in [5.74, 6) is -0.435. The van der Waals surface area contributed by atoms with E-state index in [0.29, 0.717) is 21.3 Å². The Labute approximate surface area is 164 Å². The van der Waals surface area contributed by atoms with Gasteiger partial charge in [0.15, 0.2) is 10.9 Å². The number of amides is 1. The van der Waals surface area contributed by atoms with Crippen LogP contribution in [0.3, 0.4) is 0 Å². The van der Waals surface area contributed by atoms with Gasteiger partial charge in [-0.15, -0.1) is 0 Å². The van der Waals surface area contributed by atoms with E-state index in [1.165, 1.54) is 31.2 Å². The summed E-state index contributed by atoms with van der Waals surface area (Å²) in [7, 11) is 0. The van der Waals surface area contributed by atoms with Crippen LogP contribution in [0, 0.1) is 0 Å². The van der Waals surface area contributed by atoms with Crippen molar-refractivity contribution in [2.75, 3.05) is 5.32 Å². The molecule has 0 aliphatic carbocycles. The van der Waals surface area contributed by atoms with Crippen molar-refractivity contribution in [2.24, 2.45) is 0 Å². The van der Waals surface area contributed by atoms with Gasteiger partial charge in [-0.2, -0.15) is 8.78 Å². The quantitative estimate of drug-likeness (QED) is 0.577. The van der Waals surface area contributed by atoms with Crippen LogP contribution < -0.4 is 10.1 Å². The van der Waals surface area contributed by atoms with Crippen LogP contribution in [0.15, 0.2) is 54.6 Å². The molecule has 1 amide bonds. The lowest BCUT2D eigenvalue weighted by Gasteiger charge is -2.06. The molecule has 2 aromatic carbocycles. The summed E-state index contributed by atoms with van der Waals surface area (Å²) in [6, 6.07) is 15.1. The summed E-state index contributed by atoms with van der Waals surface area (Å²) in [6.07, 6.45) is 0.0324. The van der Waals surface area contributed by atoms with E-state index in [4.69, 9.17) is 0 Å². The summed E-state index contributed by atoms with van der Waals surface area (Å²) in [5.41, 5.74) is 1.95. The zero-order valence-electron chi connectivity index (χ0n) is 14.8. The summed E-state index contributed by atoms with van der Waals surface area (Å²) < 4.78 is 28.6. The molecule has 1 aromatic heterocycles. The Hall–Kier alpha value is -3.13.